The Balaban J connectivity index is 2.14. The third-order valence-electron chi connectivity index (χ3n) is 3.70. The van der Waals surface area contributed by atoms with Crippen molar-refractivity contribution in [3.05, 3.63) is 12.2 Å². The number of carbonyl (C=O) groups excluding carboxylic acids is 1. The number of aliphatic hydroxyl groups is 1. The van der Waals surface area contributed by atoms with E-state index in [0.29, 0.717) is 5.92 Å². The number of fused-ring (bicyclic) bond motifs is 1. The summed E-state index contributed by atoms with van der Waals surface area (Å²) < 4.78 is 4.74. The van der Waals surface area contributed by atoms with Crippen molar-refractivity contribution < 1.29 is 14.6 Å². The van der Waals surface area contributed by atoms with E-state index in [2.05, 4.69) is 6.08 Å². The topological polar surface area (TPSA) is 46.5 Å². The smallest absolute Gasteiger partial charge is 0.312 e. The second-order valence-corrected chi connectivity index (χ2v) is 4.34. The van der Waals surface area contributed by atoms with Crippen LogP contribution >= 0.6 is 0 Å². The van der Waals surface area contributed by atoms with Gasteiger partial charge in [0.2, 0.25) is 0 Å². The van der Waals surface area contributed by atoms with Crippen LogP contribution in [0.3, 0.4) is 0 Å². The Morgan fingerprint density at radius 3 is 2.86 bits per heavy atom. The zero-order chi connectivity index (χ0) is 10.3. The molecule has 0 bridgehead atoms. The average Bonchev–Trinajstić information content (AvgIpc) is 2.69. The molecule has 78 valence electrons. The minimum absolute atomic E-state index is 0.135. The van der Waals surface area contributed by atoms with Gasteiger partial charge >= 0.3 is 5.97 Å². The molecule has 2 aliphatic carbocycles. The van der Waals surface area contributed by atoms with E-state index >= 15 is 0 Å². The van der Waals surface area contributed by atoms with Gasteiger partial charge in [0, 0.05) is 0 Å². The van der Waals surface area contributed by atoms with E-state index in [9.17, 15) is 9.90 Å². The van der Waals surface area contributed by atoms with Crippen molar-refractivity contribution in [1.82, 2.24) is 0 Å². The first kappa shape index (κ1) is 9.71. The Bertz CT molecular complexity index is 272. The molecular weight excluding hydrogens is 180 g/mol. The first-order valence-corrected chi connectivity index (χ1v) is 5.09. The standard InChI is InChI=1S/C11H16O3/c1-6-7-3-4-8(11(13)14-2)9(7)5-10(6)12/h3-4,6-10,12H,5H2,1-2H3/t6-,7-,8+,9+,10-/m1/s1. The molecule has 3 heteroatoms. The van der Waals surface area contributed by atoms with Crippen molar-refractivity contribution in [2.45, 2.75) is 19.4 Å². The Kier molecular flexibility index (Phi) is 2.35. The summed E-state index contributed by atoms with van der Waals surface area (Å²) in [5.41, 5.74) is 0. The van der Waals surface area contributed by atoms with Crippen molar-refractivity contribution in [3.8, 4) is 0 Å². The normalized spacial score (nSPS) is 45.2. The maximum Gasteiger partial charge on any atom is 0.312 e. The molecule has 0 radical (unpaired) electrons. The molecule has 2 rings (SSSR count). The summed E-state index contributed by atoms with van der Waals surface area (Å²) in [7, 11) is 1.41. The second kappa shape index (κ2) is 3.39. The van der Waals surface area contributed by atoms with Crippen LogP contribution in [0.4, 0.5) is 0 Å². The van der Waals surface area contributed by atoms with Gasteiger partial charge in [-0.05, 0) is 24.2 Å². The first-order chi connectivity index (χ1) is 6.65. The number of ether oxygens (including phenoxy) is 1. The largest absolute Gasteiger partial charge is 0.469 e. The Labute approximate surface area is 83.8 Å². The van der Waals surface area contributed by atoms with Gasteiger partial charge in [-0.25, -0.2) is 0 Å². The molecule has 0 heterocycles. The lowest BCUT2D eigenvalue weighted by molar-refractivity contribution is -0.145. The zero-order valence-electron chi connectivity index (χ0n) is 8.51. The fraction of sp³-hybridized carbons (Fsp3) is 0.727. The molecule has 0 aromatic heterocycles. The molecule has 1 saturated carbocycles. The quantitative estimate of drug-likeness (QED) is 0.502. The number of methoxy groups -OCH3 is 1. The molecule has 0 saturated heterocycles. The summed E-state index contributed by atoms with van der Waals surface area (Å²) in [6, 6.07) is 0. The molecule has 0 aliphatic heterocycles. The zero-order valence-corrected chi connectivity index (χ0v) is 8.51. The molecule has 0 unspecified atom stereocenters. The van der Waals surface area contributed by atoms with Crippen LogP contribution in [-0.2, 0) is 9.53 Å². The van der Waals surface area contributed by atoms with Gasteiger partial charge < -0.3 is 9.84 Å². The van der Waals surface area contributed by atoms with Gasteiger partial charge in [-0.15, -0.1) is 0 Å². The van der Waals surface area contributed by atoms with E-state index in [4.69, 9.17) is 4.74 Å². The number of aliphatic hydroxyl groups excluding tert-OH is 1. The number of esters is 1. The molecule has 1 N–H and O–H groups in total. The highest BCUT2D eigenvalue weighted by Gasteiger charge is 2.47. The third-order valence-corrected chi connectivity index (χ3v) is 3.70. The lowest BCUT2D eigenvalue weighted by Crippen LogP contribution is -2.22. The number of hydrogen-bond donors (Lipinski definition) is 1. The first-order valence-electron chi connectivity index (χ1n) is 5.09. The molecule has 5 atom stereocenters. The van der Waals surface area contributed by atoms with E-state index in [-0.39, 0.29) is 29.8 Å². The highest BCUT2D eigenvalue weighted by Crippen LogP contribution is 2.46. The molecule has 14 heavy (non-hydrogen) atoms. The molecule has 1 fully saturated rings. The minimum Gasteiger partial charge on any atom is -0.469 e. The maximum absolute atomic E-state index is 11.4. The minimum atomic E-state index is -0.262. The van der Waals surface area contributed by atoms with E-state index in [0.717, 1.165) is 6.42 Å². The van der Waals surface area contributed by atoms with Crippen LogP contribution in [0, 0.1) is 23.7 Å². The Morgan fingerprint density at radius 2 is 2.21 bits per heavy atom. The van der Waals surface area contributed by atoms with Crippen LogP contribution in [0.25, 0.3) is 0 Å². The summed E-state index contributed by atoms with van der Waals surface area (Å²) in [5.74, 6) is 0.576. The molecule has 3 nitrogen and oxygen atoms in total. The molecule has 0 spiro atoms. The van der Waals surface area contributed by atoms with Crippen molar-refractivity contribution >= 4 is 5.97 Å². The highest BCUT2D eigenvalue weighted by molar-refractivity contribution is 5.75. The maximum atomic E-state index is 11.4. The summed E-state index contributed by atoms with van der Waals surface area (Å²) in [6.07, 6.45) is 4.46. The van der Waals surface area contributed by atoms with Gasteiger partial charge in [0.1, 0.15) is 0 Å². The average molecular weight is 196 g/mol. The molecule has 2 aliphatic rings. The van der Waals surface area contributed by atoms with Gasteiger partial charge in [-0.2, -0.15) is 0 Å². The van der Waals surface area contributed by atoms with E-state index in [1.54, 1.807) is 0 Å². The summed E-state index contributed by atoms with van der Waals surface area (Å²) >= 11 is 0. The van der Waals surface area contributed by atoms with Crippen LogP contribution in [-0.4, -0.2) is 24.3 Å². The van der Waals surface area contributed by atoms with E-state index < -0.39 is 0 Å². The van der Waals surface area contributed by atoms with Gasteiger partial charge in [0.05, 0.1) is 19.1 Å². The molecule has 0 aromatic carbocycles. The van der Waals surface area contributed by atoms with Crippen LogP contribution in [0.5, 0.6) is 0 Å². The summed E-state index contributed by atoms with van der Waals surface area (Å²) in [6.45, 7) is 2.04. The Hall–Kier alpha value is -0.830. The van der Waals surface area contributed by atoms with Gasteiger partial charge in [0.25, 0.3) is 0 Å². The number of rotatable bonds is 1. The van der Waals surface area contributed by atoms with Crippen LogP contribution < -0.4 is 0 Å². The van der Waals surface area contributed by atoms with Gasteiger partial charge in [-0.3, -0.25) is 4.79 Å². The number of carbonyl (C=O) groups is 1. The van der Waals surface area contributed by atoms with Crippen molar-refractivity contribution in [2.75, 3.05) is 7.11 Å². The predicted molar refractivity (Wildman–Crippen MR) is 51.4 cm³/mol. The number of allylic oxidation sites excluding steroid dienone is 1. The molecule has 0 aromatic rings. The molecular formula is C11H16O3. The fourth-order valence-electron chi connectivity index (χ4n) is 2.78. The lowest BCUT2D eigenvalue weighted by Gasteiger charge is -2.16. The highest BCUT2D eigenvalue weighted by atomic mass is 16.5. The van der Waals surface area contributed by atoms with Crippen molar-refractivity contribution in [3.63, 3.8) is 0 Å². The number of hydrogen-bond acceptors (Lipinski definition) is 3. The Morgan fingerprint density at radius 1 is 1.50 bits per heavy atom. The van der Waals surface area contributed by atoms with Crippen LogP contribution in [0.15, 0.2) is 12.2 Å². The predicted octanol–water partition coefficient (Wildman–Crippen LogP) is 0.978. The lowest BCUT2D eigenvalue weighted by atomic mass is 9.88. The fourth-order valence-corrected chi connectivity index (χ4v) is 2.78. The van der Waals surface area contributed by atoms with E-state index in [1.165, 1.54) is 7.11 Å². The monoisotopic (exact) mass is 196 g/mol. The van der Waals surface area contributed by atoms with Gasteiger partial charge in [-0.1, -0.05) is 19.1 Å². The van der Waals surface area contributed by atoms with Gasteiger partial charge in [0.15, 0.2) is 0 Å². The van der Waals surface area contributed by atoms with Crippen molar-refractivity contribution in [2.24, 2.45) is 23.7 Å². The van der Waals surface area contributed by atoms with E-state index in [1.807, 2.05) is 13.0 Å². The van der Waals surface area contributed by atoms with Crippen molar-refractivity contribution in [1.29, 1.82) is 0 Å². The molecule has 0 amide bonds. The summed E-state index contributed by atoms with van der Waals surface area (Å²) in [4.78, 5) is 11.4. The van der Waals surface area contributed by atoms with Crippen LogP contribution in [0.1, 0.15) is 13.3 Å². The third kappa shape index (κ3) is 1.27. The summed E-state index contributed by atoms with van der Waals surface area (Å²) in [5, 5.41) is 9.69. The second-order valence-electron chi connectivity index (χ2n) is 4.34. The SMILES string of the molecule is COC(=O)[C@H]1C=C[C@@H]2[C@@H](C)[C@H](O)C[C@@H]21. The van der Waals surface area contributed by atoms with Crippen LogP contribution in [0.2, 0.25) is 0 Å².